The van der Waals surface area contributed by atoms with Crippen LogP contribution in [0.5, 0.6) is 5.75 Å². The molecule has 45 heavy (non-hydrogen) atoms. The number of hydrogen-bond donors (Lipinski definition) is 1. The molecule has 0 radical (unpaired) electrons. The zero-order valence-electron chi connectivity index (χ0n) is 25.6. The number of rotatable bonds is 9. The lowest BCUT2D eigenvalue weighted by atomic mass is 9.84. The van der Waals surface area contributed by atoms with E-state index in [1.165, 1.54) is 16.8 Å². The van der Waals surface area contributed by atoms with E-state index in [-0.39, 0.29) is 38.4 Å². The third-order valence-corrected chi connectivity index (χ3v) is 8.42. The van der Waals surface area contributed by atoms with E-state index in [1.54, 1.807) is 4.90 Å². The lowest BCUT2D eigenvalue weighted by molar-refractivity contribution is -0.0658. The number of oxime groups is 1. The van der Waals surface area contributed by atoms with Gasteiger partial charge in [0.15, 0.2) is 11.3 Å². The average molecular weight is 633 g/mol. The minimum atomic E-state index is -1.02. The summed E-state index contributed by atoms with van der Waals surface area (Å²) in [6.07, 6.45) is 2.47. The number of aromatic nitrogens is 1. The van der Waals surface area contributed by atoms with Crippen molar-refractivity contribution in [3.05, 3.63) is 63.1 Å². The molecule has 4 heterocycles. The Morgan fingerprint density at radius 2 is 2.02 bits per heavy atom. The summed E-state index contributed by atoms with van der Waals surface area (Å²) in [7, 11) is 0. The summed E-state index contributed by atoms with van der Waals surface area (Å²) in [4.78, 5) is 60.9. The van der Waals surface area contributed by atoms with Crippen LogP contribution in [-0.2, 0) is 20.9 Å². The lowest BCUT2D eigenvalue weighted by Crippen LogP contribution is -2.52. The number of carbonyl (C=O) groups excluding carboxylic acids is 3. The molecule has 5 rings (SSSR count). The van der Waals surface area contributed by atoms with Gasteiger partial charge >= 0.3 is 6.16 Å². The molecule has 2 bridgehead atoms. The van der Waals surface area contributed by atoms with Crippen LogP contribution in [0.15, 0.2) is 34.3 Å². The smallest absolute Gasteiger partial charge is 0.451 e. The molecule has 2 amide bonds. The average Bonchev–Trinajstić information content (AvgIpc) is 3.31. The second-order valence-electron chi connectivity index (χ2n) is 12.1. The predicted molar refractivity (Wildman–Crippen MR) is 158 cm³/mol. The predicted octanol–water partition coefficient (Wildman–Crippen LogP) is 4.55. The fourth-order valence-electron chi connectivity index (χ4n) is 5.90. The summed E-state index contributed by atoms with van der Waals surface area (Å²) in [6.45, 7) is 6.89. The van der Waals surface area contributed by atoms with E-state index in [0.717, 1.165) is 11.8 Å². The Labute approximate surface area is 259 Å². The Morgan fingerprint density at radius 3 is 2.71 bits per heavy atom. The molecule has 3 atom stereocenters. The number of benzene rings is 1. The van der Waals surface area contributed by atoms with Crippen LogP contribution in [-0.4, -0.2) is 64.7 Å². The Kier molecular flexibility index (Phi) is 9.12. The molecule has 1 aromatic carbocycles. The first-order valence-corrected chi connectivity index (χ1v) is 14.9. The number of carbonyl (C=O) groups is 3. The Bertz CT molecular complexity index is 1600. The molecule has 3 aliphatic rings. The van der Waals surface area contributed by atoms with Crippen LogP contribution < -0.4 is 15.5 Å². The van der Waals surface area contributed by atoms with E-state index in [2.05, 4.69) is 10.5 Å². The van der Waals surface area contributed by atoms with E-state index in [1.807, 2.05) is 27.7 Å². The molecule has 1 N–H and O–H groups in total. The zero-order chi connectivity index (χ0) is 32.5. The summed E-state index contributed by atoms with van der Waals surface area (Å²) >= 11 is 0. The quantitative estimate of drug-likeness (QED) is 0.314. The van der Waals surface area contributed by atoms with Gasteiger partial charge in [-0.05, 0) is 45.1 Å². The first kappa shape index (κ1) is 31.9. The Hall–Kier alpha value is -4.49. The van der Waals surface area contributed by atoms with Crippen molar-refractivity contribution in [1.82, 2.24) is 14.8 Å². The lowest BCUT2D eigenvalue weighted by Gasteiger charge is -2.42. The molecule has 1 saturated heterocycles. The summed E-state index contributed by atoms with van der Waals surface area (Å²) in [5, 5.41) is 6.68. The van der Waals surface area contributed by atoms with E-state index in [0.29, 0.717) is 37.7 Å². The van der Waals surface area contributed by atoms with Crippen molar-refractivity contribution in [2.45, 2.75) is 77.6 Å². The summed E-state index contributed by atoms with van der Waals surface area (Å²) in [5.41, 5.74) is -1.58. The normalized spacial score (nSPS) is 22.0. The van der Waals surface area contributed by atoms with Gasteiger partial charge in [-0.2, -0.15) is 0 Å². The van der Waals surface area contributed by atoms with Gasteiger partial charge in [0.2, 0.25) is 18.0 Å². The minimum Gasteiger partial charge on any atom is -0.451 e. The molecule has 3 aliphatic heterocycles. The number of nitrogens with one attached hydrogen (secondary N) is 1. The molecular weight excluding hydrogens is 594 g/mol. The maximum absolute atomic E-state index is 14.3. The maximum atomic E-state index is 14.3. The highest BCUT2D eigenvalue weighted by atomic mass is 19.1. The van der Waals surface area contributed by atoms with E-state index < -0.39 is 64.8 Å². The molecule has 14 heteroatoms. The van der Waals surface area contributed by atoms with Crippen LogP contribution in [0.25, 0.3) is 0 Å². The molecule has 0 unspecified atom stereocenters. The highest BCUT2D eigenvalue weighted by molar-refractivity contribution is 5.99. The maximum Gasteiger partial charge on any atom is 0.511 e. The van der Waals surface area contributed by atoms with Crippen LogP contribution in [0, 0.1) is 17.6 Å². The van der Waals surface area contributed by atoms with Crippen molar-refractivity contribution in [3.63, 3.8) is 0 Å². The SMILES string of the molecule is CC1=NO[C@@]2(CC[C@H](C)N3C[C@H]2n2cc(C(=O)NCc4ccc(F)cc4F)c(=O)c(OCOC(=O)OCCC(C)C)c2C3=O)C1.[HH]. The summed E-state index contributed by atoms with van der Waals surface area (Å²) in [5.74, 6) is -3.23. The topological polar surface area (TPSA) is 138 Å². The monoisotopic (exact) mass is 632 g/mol. The van der Waals surface area contributed by atoms with Gasteiger partial charge in [-0.15, -0.1) is 0 Å². The van der Waals surface area contributed by atoms with Gasteiger partial charge in [0.1, 0.15) is 17.2 Å². The van der Waals surface area contributed by atoms with Crippen LogP contribution in [0.3, 0.4) is 0 Å². The molecule has 2 aromatic rings. The third kappa shape index (κ3) is 6.50. The third-order valence-electron chi connectivity index (χ3n) is 8.42. The second-order valence-corrected chi connectivity index (χ2v) is 12.1. The van der Waals surface area contributed by atoms with Gasteiger partial charge in [-0.3, -0.25) is 14.4 Å². The molecule has 1 fully saturated rings. The van der Waals surface area contributed by atoms with Crippen molar-refractivity contribution in [2.24, 2.45) is 11.1 Å². The minimum absolute atomic E-state index is 0. The number of pyridine rings is 1. The van der Waals surface area contributed by atoms with Crippen LogP contribution >= 0.6 is 0 Å². The number of fused-ring (bicyclic) bond motifs is 5. The van der Waals surface area contributed by atoms with Gasteiger partial charge in [-0.1, -0.05) is 25.1 Å². The number of amides is 2. The molecule has 12 nitrogen and oxygen atoms in total. The standard InChI is InChI=1S/C31H36F2N4O8.H2/c1-17(2)8-10-42-30(41)44-16-43-27-25-29(40)36-15-24(31(9-7-19(36)4)12-18(3)35-45-31)37(25)14-22(26(27)38)28(39)34-13-20-5-6-21(32)11-23(20)33;/h5-6,11,14,17,19,24H,7-10,12-13,15-16H2,1-4H3,(H,34,39);1H/t19-,24+,31-;/m0./s1. The molecule has 1 spiro atoms. The van der Waals surface area contributed by atoms with Crippen molar-refractivity contribution < 1.29 is 43.6 Å². The Morgan fingerprint density at radius 1 is 1.24 bits per heavy atom. The van der Waals surface area contributed by atoms with Crippen molar-refractivity contribution >= 4 is 23.7 Å². The molecule has 1 aromatic heterocycles. The highest BCUT2D eigenvalue weighted by Gasteiger charge is 2.54. The fraction of sp³-hybridized carbons (Fsp3) is 0.516. The van der Waals surface area contributed by atoms with Gasteiger partial charge in [-0.25, -0.2) is 13.6 Å². The van der Waals surface area contributed by atoms with Gasteiger partial charge in [0.25, 0.3) is 11.8 Å². The first-order chi connectivity index (χ1) is 21.4. The second kappa shape index (κ2) is 12.9. The van der Waals surface area contributed by atoms with Crippen LogP contribution in [0.4, 0.5) is 13.6 Å². The molecule has 0 aliphatic carbocycles. The highest BCUT2D eigenvalue weighted by Crippen LogP contribution is 2.46. The largest absolute Gasteiger partial charge is 0.511 e. The van der Waals surface area contributed by atoms with Crippen molar-refractivity contribution in [3.8, 4) is 5.75 Å². The van der Waals surface area contributed by atoms with Crippen molar-refractivity contribution in [1.29, 1.82) is 0 Å². The number of ether oxygens (including phenoxy) is 3. The first-order valence-electron chi connectivity index (χ1n) is 14.9. The van der Waals surface area contributed by atoms with E-state index in [9.17, 15) is 28.0 Å². The fourth-order valence-corrected chi connectivity index (χ4v) is 5.90. The van der Waals surface area contributed by atoms with E-state index in [4.69, 9.17) is 19.0 Å². The van der Waals surface area contributed by atoms with E-state index >= 15 is 0 Å². The summed E-state index contributed by atoms with van der Waals surface area (Å²) in [6, 6.07) is 2.14. The zero-order valence-corrected chi connectivity index (χ0v) is 25.6. The van der Waals surface area contributed by atoms with Crippen LogP contribution in [0.2, 0.25) is 0 Å². The number of hydrogen-bond acceptors (Lipinski definition) is 9. The summed E-state index contributed by atoms with van der Waals surface area (Å²) < 4.78 is 44.8. The molecule has 244 valence electrons. The molecular formula is C31H38F2N4O8. The number of halogens is 2. The van der Waals surface area contributed by atoms with Crippen molar-refractivity contribution in [2.75, 3.05) is 19.9 Å². The Balaban J connectivity index is 0.00000480. The van der Waals surface area contributed by atoms with Gasteiger partial charge < -0.3 is 33.8 Å². The van der Waals surface area contributed by atoms with Gasteiger partial charge in [0, 0.05) is 44.8 Å². The van der Waals surface area contributed by atoms with Gasteiger partial charge in [0.05, 0.1) is 18.4 Å². The van der Waals surface area contributed by atoms with Crippen LogP contribution in [0.1, 0.15) is 87.3 Å². The molecule has 0 saturated carbocycles. The number of nitrogens with zero attached hydrogens (tertiary/aromatic N) is 3.